The quantitative estimate of drug-likeness (QED) is 0.140. The zero-order valence-corrected chi connectivity index (χ0v) is 17.1. The van der Waals surface area contributed by atoms with Gasteiger partial charge in [0.2, 0.25) is 0 Å². The third-order valence-electron chi connectivity index (χ3n) is 3.59. The zero-order chi connectivity index (χ0) is 21.2. The minimum Gasteiger partial charge on any atom is -0.411 e. The van der Waals surface area contributed by atoms with E-state index in [0.717, 1.165) is 0 Å². The molecule has 0 aliphatic carbocycles. The number of benzene rings is 3. The lowest BCUT2D eigenvalue weighted by Crippen LogP contribution is -2.13. The van der Waals surface area contributed by atoms with Crippen LogP contribution in [0.3, 0.4) is 0 Å². The van der Waals surface area contributed by atoms with Crippen LogP contribution >= 0.6 is 19.4 Å². The Hall–Kier alpha value is -2.87. The second-order valence-corrected chi connectivity index (χ2v) is 7.60. The molecule has 1 N–H and O–H groups in total. The van der Waals surface area contributed by atoms with Gasteiger partial charge in [-0.2, -0.15) is 0 Å². The van der Waals surface area contributed by atoms with Gasteiger partial charge in [0.15, 0.2) is 11.5 Å². The minimum absolute atomic E-state index is 0.0542. The van der Waals surface area contributed by atoms with E-state index < -0.39 is 14.4 Å². The van der Waals surface area contributed by atoms with E-state index in [1.54, 1.807) is 84.9 Å². The van der Waals surface area contributed by atoms with Crippen LogP contribution in [0.5, 0.6) is 11.5 Å². The molecule has 0 spiro atoms. The van der Waals surface area contributed by atoms with Gasteiger partial charge in [0.1, 0.15) is 12.3 Å². The first-order valence-electron chi connectivity index (χ1n) is 8.62. The summed E-state index contributed by atoms with van der Waals surface area (Å²) in [5.74, 6) is 0.525. The van der Waals surface area contributed by atoms with E-state index in [9.17, 15) is 9.77 Å². The summed E-state index contributed by atoms with van der Waals surface area (Å²) in [6, 6.07) is 23.1. The number of oxime groups is 1. The van der Waals surface area contributed by atoms with Crippen molar-refractivity contribution in [2.45, 2.75) is 0 Å². The van der Waals surface area contributed by atoms with Crippen molar-refractivity contribution in [3.63, 3.8) is 0 Å². The first-order chi connectivity index (χ1) is 14.6. The van der Waals surface area contributed by atoms with Crippen LogP contribution in [0, 0.1) is 0 Å². The van der Waals surface area contributed by atoms with Crippen LogP contribution in [0.2, 0.25) is 5.02 Å². The fraction of sp³-hybridized carbons (Fsp3) is 0.0500. The molecule has 0 atom stereocenters. The Bertz CT molecular complexity index is 953. The summed E-state index contributed by atoms with van der Waals surface area (Å²) in [5, 5.41) is 13.0. The average Bonchev–Trinajstić information content (AvgIpc) is 2.79. The molecule has 8 nitrogen and oxygen atoms in total. The van der Waals surface area contributed by atoms with Crippen LogP contribution in [0.15, 0.2) is 90.1 Å². The van der Waals surface area contributed by atoms with Gasteiger partial charge < -0.3 is 15.0 Å². The maximum absolute atomic E-state index is 13.0. The van der Waals surface area contributed by atoms with E-state index >= 15 is 0 Å². The summed E-state index contributed by atoms with van der Waals surface area (Å²) >= 11 is 5.86. The predicted octanol–water partition coefficient (Wildman–Crippen LogP) is 5.66. The van der Waals surface area contributed by atoms with Crippen molar-refractivity contribution < 1.29 is 33.4 Å². The second kappa shape index (κ2) is 10.8. The fourth-order valence-electron chi connectivity index (χ4n) is 2.14. The van der Waals surface area contributed by atoms with Gasteiger partial charge in [-0.15, -0.1) is 0 Å². The zero-order valence-electron chi connectivity index (χ0n) is 15.5. The van der Waals surface area contributed by atoms with Gasteiger partial charge in [-0.1, -0.05) is 74.6 Å². The number of halogens is 1. The van der Waals surface area contributed by atoms with Crippen LogP contribution in [-0.2, 0) is 18.4 Å². The van der Waals surface area contributed by atoms with Crippen molar-refractivity contribution >= 4 is 25.1 Å². The molecule has 10 heteroatoms. The third kappa shape index (κ3) is 6.59. The lowest BCUT2D eigenvalue weighted by atomic mass is 10.1. The lowest BCUT2D eigenvalue weighted by Gasteiger charge is -2.16. The van der Waals surface area contributed by atoms with Crippen LogP contribution in [0.25, 0.3) is 0 Å². The Kier molecular flexibility index (Phi) is 7.84. The molecule has 0 aromatic heterocycles. The fourth-order valence-corrected chi connectivity index (χ4v) is 3.01. The summed E-state index contributed by atoms with van der Waals surface area (Å²) in [6.45, 7) is -0.439. The normalized spacial score (nSPS) is 11.8. The van der Waals surface area contributed by atoms with E-state index in [1.165, 1.54) is 0 Å². The van der Waals surface area contributed by atoms with Crippen molar-refractivity contribution in [3.05, 3.63) is 95.5 Å². The summed E-state index contributed by atoms with van der Waals surface area (Å²) in [5.41, 5.74) is 0.542. The molecule has 0 amide bonds. The van der Waals surface area contributed by atoms with Crippen LogP contribution < -0.4 is 9.78 Å². The van der Waals surface area contributed by atoms with Crippen molar-refractivity contribution in [2.75, 3.05) is 6.61 Å². The molecule has 0 heterocycles. The Morgan fingerprint density at radius 3 is 1.80 bits per heavy atom. The molecule has 0 unspecified atom stereocenters. The highest BCUT2D eigenvalue weighted by molar-refractivity contribution is 7.48. The Morgan fingerprint density at radius 2 is 1.33 bits per heavy atom. The van der Waals surface area contributed by atoms with E-state index in [-0.39, 0.29) is 17.2 Å². The molecule has 3 aromatic carbocycles. The molecule has 3 rings (SSSR count). The highest BCUT2D eigenvalue weighted by atomic mass is 35.5. The summed E-state index contributed by atoms with van der Waals surface area (Å²) in [7, 11) is -4.41. The number of hydrogen-bond donors (Lipinski definition) is 1. The smallest absolute Gasteiger partial charge is 0.411 e. The molecular formula is C20H17ClNO7P. The van der Waals surface area contributed by atoms with E-state index in [1.807, 2.05) is 0 Å². The van der Waals surface area contributed by atoms with Crippen molar-refractivity contribution in [3.8, 4) is 11.5 Å². The Morgan fingerprint density at radius 1 is 0.833 bits per heavy atom. The first kappa shape index (κ1) is 21.8. The van der Waals surface area contributed by atoms with Gasteiger partial charge in [-0.25, -0.2) is 4.57 Å². The minimum atomic E-state index is -4.41. The lowest BCUT2D eigenvalue weighted by molar-refractivity contribution is -0.191. The maximum atomic E-state index is 13.0. The van der Waals surface area contributed by atoms with Crippen molar-refractivity contribution in [1.29, 1.82) is 0 Å². The second-order valence-electron chi connectivity index (χ2n) is 5.72. The summed E-state index contributed by atoms with van der Waals surface area (Å²) in [4.78, 5) is 10.1. The summed E-state index contributed by atoms with van der Waals surface area (Å²) in [6.07, 6.45) is 0. The van der Waals surface area contributed by atoms with Gasteiger partial charge in [-0.3, -0.25) is 4.52 Å². The van der Waals surface area contributed by atoms with Gasteiger partial charge >= 0.3 is 7.82 Å². The van der Waals surface area contributed by atoms with E-state index in [2.05, 4.69) is 5.16 Å². The molecule has 30 heavy (non-hydrogen) atoms. The van der Waals surface area contributed by atoms with Crippen molar-refractivity contribution in [2.24, 2.45) is 5.16 Å². The SMILES string of the molecule is O=P(OCC(=NO)c1ccc(Cl)cc1)(OOc1ccccc1)OOc1ccccc1. The van der Waals surface area contributed by atoms with Gasteiger partial charge in [0.05, 0.1) is 0 Å². The third-order valence-corrected chi connectivity index (χ3v) is 4.81. The predicted molar refractivity (Wildman–Crippen MR) is 110 cm³/mol. The number of phosphoric acid groups is 1. The largest absolute Gasteiger partial charge is 0.547 e. The maximum Gasteiger partial charge on any atom is 0.547 e. The molecule has 0 fully saturated rings. The monoisotopic (exact) mass is 449 g/mol. The van der Waals surface area contributed by atoms with Gasteiger partial charge in [-0.05, 0) is 36.4 Å². The molecule has 0 radical (unpaired) electrons. The van der Waals surface area contributed by atoms with Gasteiger partial charge in [0, 0.05) is 10.6 Å². The molecular weight excluding hydrogens is 433 g/mol. The average molecular weight is 450 g/mol. The summed E-state index contributed by atoms with van der Waals surface area (Å²) < 4.78 is 28.1. The van der Waals surface area contributed by atoms with Crippen molar-refractivity contribution in [1.82, 2.24) is 0 Å². The van der Waals surface area contributed by atoms with E-state index in [4.69, 9.17) is 35.2 Å². The molecule has 156 valence electrons. The molecule has 0 aliphatic heterocycles. The molecule has 0 bridgehead atoms. The Labute approximate surface area is 177 Å². The molecule has 0 aliphatic rings. The topological polar surface area (TPSA) is 95.8 Å². The molecule has 0 saturated heterocycles. The number of hydrogen-bond acceptors (Lipinski definition) is 8. The van der Waals surface area contributed by atoms with E-state index in [0.29, 0.717) is 10.6 Å². The van der Waals surface area contributed by atoms with Crippen LogP contribution in [0.4, 0.5) is 0 Å². The van der Waals surface area contributed by atoms with Gasteiger partial charge in [0.25, 0.3) is 0 Å². The number of nitrogens with zero attached hydrogens (tertiary/aromatic N) is 1. The van der Waals surface area contributed by atoms with Crippen LogP contribution in [-0.4, -0.2) is 17.5 Å². The van der Waals surface area contributed by atoms with Crippen LogP contribution in [0.1, 0.15) is 5.56 Å². The number of rotatable bonds is 10. The highest BCUT2D eigenvalue weighted by Crippen LogP contribution is 2.50. The molecule has 3 aromatic rings. The Balaban J connectivity index is 1.70. The number of para-hydroxylation sites is 2. The molecule has 0 saturated carbocycles. The highest BCUT2D eigenvalue weighted by Gasteiger charge is 2.33. The first-order valence-corrected chi connectivity index (χ1v) is 10.5. The standard InChI is InChI=1S/C20H17ClNO7P/c21-17-13-11-16(12-14-17)20(22-23)15-25-30(24,28-26-18-7-3-1-4-8-18)29-27-19-9-5-2-6-10-19/h1-14,23H,15H2.